The van der Waals surface area contributed by atoms with E-state index in [0.717, 1.165) is 17.7 Å². The van der Waals surface area contributed by atoms with Gasteiger partial charge in [-0.1, -0.05) is 44.2 Å². The van der Waals surface area contributed by atoms with Crippen LogP contribution in [0.15, 0.2) is 48.5 Å². The summed E-state index contributed by atoms with van der Waals surface area (Å²) in [6.45, 7) is 8.97. The van der Waals surface area contributed by atoms with Crippen LogP contribution in [0, 0.1) is 19.8 Å². The Morgan fingerprint density at radius 2 is 1.71 bits per heavy atom. The van der Waals surface area contributed by atoms with Gasteiger partial charge in [0.2, 0.25) is 0 Å². The number of aromatic nitrogens is 2. The number of benzene rings is 2. The molecule has 2 aromatic carbocycles. The molecule has 0 fully saturated rings. The van der Waals surface area contributed by atoms with Crippen LogP contribution in [-0.2, 0) is 6.54 Å². The van der Waals surface area contributed by atoms with E-state index in [1.165, 1.54) is 7.11 Å². The lowest BCUT2D eigenvalue weighted by Crippen LogP contribution is -2.42. The first-order valence-electron chi connectivity index (χ1n) is 11.3. The number of hydrogen-bond donors (Lipinski definition) is 2. The molecule has 34 heavy (non-hydrogen) atoms. The van der Waals surface area contributed by atoms with Crippen LogP contribution in [0.5, 0.6) is 11.5 Å². The predicted octanol–water partition coefficient (Wildman–Crippen LogP) is 4.06. The average Bonchev–Trinajstić information content (AvgIpc) is 3.10. The molecule has 0 aliphatic heterocycles. The van der Waals surface area contributed by atoms with Crippen molar-refractivity contribution in [1.82, 2.24) is 20.6 Å². The highest BCUT2D eigenvalue weighted by Gasteiger charge is 2.20. The predicted molar refractivity (Wildman–Crippen MR) is 130 cm³/mol. The second-order valence-corrected chi connectivity index (χ2v) is 8.49. The molecule has 0 unspecified atom stereocenters. The molecule has 2 amide bonds. The van der Waals surface area contributed by atoms with Crippen molar-refractivity contribution in [2.45, 2.75) is 40.7 Å². The first-order valence-corrected chi connectivity index (χ1v) is 11.3. The highest BCUT2D eigenvalue weighted by Crippen LogP contribution is 2.28. The van der Waals surface area contributed by atoms with Gasteiger partial charge >= 0.3 is 0 Å². The Hall–Kier alpha value is -3.81. The minimum Gasteiger partial charge on any atom is -0.493 e. The van der Waals surface area contributed by atoms with Crippen LogP contribution >= 0.6 is 0 Å². The summed E-state index contributed by atoms with van der Waals surface area (Å²) in [5.74, 6) is 0.658. The van der Waals surface area contributed by atoms with Crippen LogP contribution in [0.25, 0.3) is 0 Å². The van der Waals surface area contributed by atoms with Gasteiger partial charge in [0.05, 0.1) is 31.5 Å². The van der Waals surface area contributed by atoms with Gasteiger partial charge in [-0.05, 0) is 49.9 Å². The van der Waals surface area contributed by atoms with Gasteiger partial charge in [-0.3, -0.25) is 25.1 Å². The fourth-order valence-electron chi connectivity index (χ4n) is 3.52. The number of ether oxygens (including phenoxy) is 2. The molecular formula is C26H32N4O4. The van der Waals surface area contributed by atoms with E-state index < -0.39 is 11.8 Å². The van der Waals surface area contributed by atoms with E-state index in [1.807, 2.05) is 37.3 Å². The lowest BCUT2D eigenvalue weighted by Gasteiger charge is -2.13. The molecule has 0 aliphatic rings. The van der Waals surface area contributed by atoms with Gasteiger partial charge in [-0.25, -0.2) is 0 Å². The summed E-state index contributed by atoms with van der Waals surface area (Å²) in [6.07, 6.45) is 0.915. The monoisotopic (exact) mass is 464 g/mol. The van der Waals surface area contributed by atoms with Gasteiger partial charge in [0.15, 0.2) is 11.5 Å². The maximum absolute atomic E-state index is 12.8. The molecule has 0 saturated heterocycles. The van der Waals surface area contributed by atoms with Crippen LogP contribution in [0.2, 0.25) is 0 Å². The van der Waals surface area contributed by atoms with Crippen molar-refractivity contribution in [2.75, 3.05) is 13.7 Å². The molecule has 0 atom stereocenters. The minimum atomic E-state index is -0.465. The van der Waals surface area contributed by atoms with Crippen molar-refractivity contribution < 1.29 is 19.1 Å². The number of nitrogens with one attached hydrogen (secondary N) is 2. The molecule has 0 radical (unpaired) electrons. The number of amides is 2. The topological polar surface area (TPSA) is 94.5 Å². The highest BCUT2D eigenvalue weighted by atomic mass is 16.5. The van der Waals surface area contributed by atoms with Crippen LogP contribution in [-0.4, -0.2) is 35.3 Å². The highest BCUT2D eigenvalue weighted by molar-refractivity contribution is 6.00. The van der Waals surface area contributed by atoms with Crippen molar-refractivity contribution >= 4 is 11.8 Å². The Morgan fingerprint density at radius 3 is 2.38 bits per heavy atom. The quantitative estimate of drug-likeness (QED) is 0.466. The number of hydrazine groups is 1. The summed E-state index contributed by atoms with van der Waals surface area (Å²) in [5, 5.41) is 4.49. The smallest absolute Gasteiger partial charge is 0.273 e. The number of aryl methyl sites for hydroxylation is 1. The Kier molecular flexibility index (Phi) is 8.29. The number of hydrogen-bond acceptors (Lipinski definition) is 5. The molecular weight excluding hydrogens is 432 g/mol. The molecule has 0 spiro atoms. The summed E-state index contributed by atoms with van der Waals surface area (Å²) < 4.78 is 12.9. The third kappa shape index (κ3) is 6.15. The second-order valence-electron chi connectivity index (χ2n) is 8.49. The van der Waals surface area contributed by atoms with E-state index in [9.17, 15) is 9.59 Å². The summed E-state index contributed by atoms with van der Waals surface area (Å²) in [6, 6.07) is 14.8. The Balaban J connectivity index is 1.64. The minimum absolute atomic E-state index is 0.335. The fraction of sp³-hybridized carbons (Fsp3) is 0.346. The molecule has 180 valence electrons. The summed E-state index contributed by atoms with van der Waals surface area (Å²) >= 11 is 0. The average molecular weight is 465 g/mol. The number of nitrogens with zero attached hydrogens (tertiary/aromatic N) is 2. The van der Waals surface area contributed by atoms with E-state index in [0.29, 0.717) is 47.4 Å². The third-order valence-electron chi connectivity index (χ3n) is 5.45. The Bertz CT molecular complexity index is 1140. The summed E-state index contributed by atoms with van der Waals surface area (Å²) in [7, 11) is 1.52. The Morgan fingerprint density at radius 1 is 1.00 bits per heavy atom. The maximum Gasteiger partial charge on any atom is 0.273 e. The van der Waals surface area contributed by atoms with E-state index >= 15 is 0 Å². The summed E-state index contributed by atoms with van der Waals surface area (Å²) in [5.41, 5.74) is 8.12. The van der Waals surface area contributed by atoms with Crippen LogP contribution in [0.3, 0.4) is 0 Å². The van der Waals surface area contributed by atoms with E-state index in [4.69, 9.17) is 9.47 Å². The molecule has 0 saturated carbocycles. The molecule has 3 rings (SSSR count). The first kappa shape index (κ1) is 24.8. The molecule has 1 heterocycles. The normalized spacial score (nSPS) is 10.8. The van der Waals surface area contributed by atoms with Gasteiger partial charge < -0.3 is 9.47 Å². The van der Waals surface area contributed by atoms with Crippen LogP contribution < -0.4 is 20.3 Å². The number of methoxy groups -OCH3 is 1. The van der Waals surface area contributed by atoms with Crippen LogP contribution in [0.4, 0.5) is 0 Å². The lowest BCUT2D eigenvalue weighted by molar-refractivity contribution is 0.0845. The van der Waals surface area contributed by atoms with Crippen molar-refractivity contribution in [3.05, 3.63) is 76.6 Å². The van der Waals surface area contributed by atoms with Crippen LogP contribution in [0.1, 0.15) is 57.9 Å². The maximum atomic E-state index is 12.8. The zero-order valence-electron chi connectivity index (χ0n) is 20.3. The fourth-order valence-corrected chi connectivity index (χ4v) is 3.52. The van der Waals surface area contributed by atoms with Crippen molar-refractivity contribution in [2.24, 2.45) is 5.92 Å². The summed E-state index contributed by atoms with van der Waals surface area (Å²) in [4.78, 5) is 25.5. The molecule has 3 aromatic rings. The molecule has 8 nitrogen and oxygen atoms in total. The SMILES string of the molecule is COc1cc(C(=O)NNC(=O)c2c(C)nn(Cc3ccccc3)c2C)ccc1OCCC(C)C. The number of carbonyl (C=O) groups is 2. The van der Waals surface area contributed by atoms with Crippen molar-refractivity contribution in [3.8, 4) is 11.5 Å². The molecule has 2 N–H and O–H groups in total. The standard InChI is InChI=1S/C26H32N4O4/c1-17(2)13-14-34-22-12-11-21(15-23(22)33-5)25(31)27-28-26(32)24-18(3)29-30(19(24)4)16-20-9-7-6-8-10-20/h6-12,15,17H,13-14,16H2,1-5H3,(H,27,31)(H,28,32). The van der Waals surface area contributed by atoms with E-state index in [2.05, 4.69) is 29.8 Å². The Labute approximate surface area is 200 Å². The molecule has 1 aromatic heterocycles. The molecule has 0 aliphatic carbocycles. The largest absolute Gasteiger partial charge is 0.493 e. The van der Waals surface area contributed by atoms with Gasteiger partial charge in [0.1, 0.15) is 0 Å². The van der Waals surface area contributed by atoms with E-state index in [-0.39, 0.29) is 0 Å². The van der Waals surface area contributed by atoms with E-state index in [1.54, 1.807) is 29.8 Å². The van der Waals surface area contributed by atoms with Gasteiger partial charge in [-0.15, -0.1) is 0 Å². The van der Waals surface area contributed by atoms with Crippen molar-refractivity contribution in [3.63, 3.8) is 0 Å². The zero-order valence-corrected chi connectivity index (χ0v) is 20.3. The third-order valence-corrected chi connectivity index (χ3v) is 5.45. The van der Waals surface area contributed by atoms with Gasteiger partial charge in [0.25, 0.3) is 11.8 Å². The number of carbonyl (C=O) groups excluding carboxylic acids is 2. The lowest BCUT2D eigenvalue weighted by atomic mass is 10.1. The molecule has 8 heteroatoms. The first-order chi connectivity index (χ1) is 16.3. The van der Waals surface area contributed by atoms with Gasteiger partial charge in [-0.2, -0.15) is 5.10 Å². The van der Waals surface area contributed by atoms with Crippen molar-refractivity contribution in [1.29, 1.82) is 0 Å². The number of rotatable bonds is 9. The second kappa shape index (κ2) is 11.4. The zero-order chi connectivity index (χ0) is 24.7. The molecule has 0 bridgehead atoms. The van der Waals surface area contributed by atoms with Gasteiger partial charge in [0, 0.05) is 11.3 Å².